The maximum Gasteiger partial charge on any atom is 0.260 e. The van der Waals surface area contributed by atoms with E-state index in [0.717, 1.165) is 17.7 Å². The van der Waals surface area contributed by atoms with Crippen molar-refractivity contribution in [2.75, 3.05) is 20.3 Å². The van der Waals surface area contributed by atoms with E-state index in [-0.39, 0.29) is 17.2 Å². The monoisotopic (exact) mass is 436 g/mol. The van der Waals surface area contributed by atoms with Gasteiger partial charge in [-0.1, -0.05) is 17.8 Å². The van der Waals surface area contributed by atoms with Gasteiger partial charge in [-0.05, 0) is 29.7 Å². The highest BCUT2D eigenvalue weighted by Gasteiger charge is 2.41. The lowest BCUT2D eigenvalue weighted by Gasteiger charge is -2.26. The minimum Gasteiger partial charge on any atom is -0.482 e. The van der Waals surface area contributed by atoms with Gasteiger partial charge in [0.1, 0.15) is 6.04 Å². The van der Waals surface area contributed by atoms with Gasteiger partial charge in [-0.25, -0.2) is 14.7 Å². The first kappa shape index (κ1) is 19.7. The van der Waals surface area contributed by atoms with Crippen molar-refractivity contribution in [3.8, 4) is 5.69 Å². The molecule has 0 saturated heterocycles. The molecule has 0 radical (unpaired) electrons. The molecule has 9 nitrogen and oxygen atoms in total. The minimum atomic E-state index is -0.270. The first-order valence-electron chi connectivity index (χ1n) is 9.82. The Morgan fingerprint density at radius 3 is 3.00 bits per heavy atom. The van der Waals surface area contributed by atoms with E-state index in [9.17, 15) is 4.79 Å². The molecule has 5 heterocycles. The first-order valence-corrected chi connectivity index (χ1v) is 10.7. The summed E-state index contributed by atoms with van der Waals surface area (Å²) in [5.41, 5.74) is 3.60. The van der Waals surface area contributed by atoms with Crippen LogP contribution in [0.3, 0.4) is 0 Å². The molecule has 3 aliphatic rings. The molecule has 0 bridgehead atoms. The van der Waals surface area contributed by atoms with Gasteiger partial charge >= 0.3 is 0 Å². The minimum absolute atomic E-state index is 0.00615. The second-order valence-electron chi connectivity index (χ2n) is 7.06. The Morgan fingerprint density at radius 1 is 1.35 bits per heavy atom. The lowest BCUT2D eigenvalue weighted by molar-refractivity contribution is 0.0978. The summed E-state index contributed by atoms with van der Waals surface area (Å²) < 4.78 is 12.5. The predicted octanol–water partition coefficient (Wildman–Crippen LogP) is 2.13. The van der Waals surface area contributed by atoms with Gasteiger partial charge in [0.15, 0.2) is 5.17 Å². The van der Waals surface area contributed by atoms with Crippen molar-refractivity contribution in [2.24, 2.45) is 9.98 Å². The SMILES string of the molecule is COC1=NC=C(C2=CCOCC2)C2SC(NC(=O)c3cnn(-c4ccncc4)c3)=NC12. The van der Waals surface area contributed by atoms with E-state index in [4.69, 9.17) is 14.5 Å². The zero-order valence-electron chi connectivity index (χ0n) is 16.8. The average Bonchev–Trinajstić information content (AvgIpc) is 3.47. The third-order valence-corrected chi connectivity index (χ3v) is 6.40. The largest absolute Gasteiger partial charge is 0.482 e. The van der Waals surface area contributed by atoms with Crippen LogP contribution in [0.1, 0.15) is 16.8 Å². The lowest BCUT2D eigenvalue weighted by atomic mass is 9.94. The average molecular weight is 436 g/mol. The van der Waals surface area contributed by atoms with E-state index < -0.39 is 0 Å². The topological polar surface area (TPSA) is 103 Å². The Kier molecular flexibility index (Phi) is 5.39. The molecule has 158 valence electrons. The Balaban J connectivity index is 1.33. The lowest BCUT2D eigenvalue weighted by Crippen LogP contribution is -2.33. The Hall–Kier alpha value is -3.24. The fourth-order valence-corrected chi connectivity index (χ4v) is 4.86. The molecule has 0 saturated carbocycles. The molecule has 10 heteroatoms. The summed E-state index contributed by atoms with van der Waals surface area (Å²) in [4.78, 5) is 26.0. The second-order valence-corrected chi connectivity index (χ2v) is 8.19. The van der Waals surface area contributed by atoms with Gasteiger partial charge in [0.05, 0.1) is 43.0 Å². The summed E-state index contributed by atoms with van der Waals surface area (Å²) in [5, 5.41) is 7.73. The van der Waals surface area contributed by atoms with E-state index in [1.54, 1.807) is 30.4 Å². The van der Waals surface area contributed by atoms with Crippen molar-refractivity contribution < 1.29 is 14.3 Å². The summed E-state index contributed by atoms with van der Waals surface area (Å²) in [6.07, 6.45) is 11.3. The fourth-order valence-electron chi connectivity index (χ4n) is 3.65. The summed E-state index contributed by atoms with van der Waals surface area (Å²) in [5.74, 6) is 0.278. The molecule has 0 spiro atoms. The third-order valence-electron chi connectivity index (χ3n) is 5.21. The molecule has 5 rings (SSSR count). The number of pyridine rings is 1. The van der Waals surface area contributed by atoms with Crippen molar-refractivity contribution in [3.63, 3.8) is 0 Å². The summed E-state index contributed by atoms with van der Waals surface area (Å²) in [6, 6.07) is 3.37. The van der Waals surface area contributed by atoms with Gasteiger partial charge in [-0.2, -0.15) is 5.10 Å². The van der Waals surface area contributed by atoms with Crippen LogP contribution >= 0.6 is 11.8 Å². The molecule has 2 unspecified atom stereocenters. The van der Waals surface area contributed by atoms with E-state index in [2.05, 4.69) is 26.5 Å². The molecule has 31 heavy (non-hydrogen) atoms. The molecule has 1 N–H and O–H groups in total. The molecular weight excluding hydrogens is 416 g/mol. The van der Waals surface area contributed by atoms with Crippen LogP contribution in [0, 0.1) is 0 Å². The summed E-state index contributed by atoms with van der Waals surface area (Å²) in [6.45, 7) is 1.29. The van der Waals surface area contributed by atoms with Crippen LogP contribution in [0.15, 0.2) is 70.3 Å². The van der Waals surface area contributed by atoms with Crippen LogP contribution in [-0.4, -0.2) is 63.4 Å². The number of thioether (sulfide) groups is 1. The zero-order chi connectivity index (χ0) is 21.2. The molecule has 0 fully saturated rings. The number of methoxy groups -OCH3 is 1. The predicted molar refractivity (Wildman–Crippen MR) is 117 cm³/mol. The van der Waals surface area contributed by atoms with E-state index in [0.29, 0.717) is 29.8 Å². The number of ether oxygens (including phenoxy) is 2. The van der Waals surface area contributed by atoms with E-state index >= 15 is 0 Å². The summed E-state index contributed by atoms with van der Waals surface area (Å²) in [7, 11) is 1.59. The second kappa shape index (κ2) is 8.48. The number of fused-ring (bicyclic) bond motifs is 1. The van der Waals surface area contributed by atoms with Gasteiger partial charge in [0.25, 0.3) is 5.91 Å². The van der Waals surface area contributed by atoms with Crippen LogP contribution in [-0.2, 0) is 9.47 Å². The van der Waals surface area contributed by atoms with Gasteiger partial charge in [-0.15, -0.1) is 0 Å². The first-order chi connectivity index (χ1) is 15.2. The maximum absolute atomic E-state index is 12.8. The van der Waals surface area contributed by atoms with Crippen molar-refractivity contribution in [2.45, 2.75) is 17.7 Å². The molecule has 2 aromatic heterocycles. The normalized spacial score (nSPS) is 22.6. The molecule has 3 aliphatic heterocycles. The molecular formula is C21H20N6O3S. The number of nitrogens with one attached hydrogen (secondary N) is 1. The third kappa shape index (κ3) is 3.91. The fraction of sp³-hybridized carbons (Fsp3) is 0.286. The molecule has 0 aromatic carbocycles. The van der Waals surface area contributed by atoms with Crippen molar-refractivity contribution in [1.82, 2.24) is 20.1 Å². The van der Waals surface area contributed by atoms with Crippen LogP contribution in [0.2, 0.25) is 0 Å². The number of carbonyl (C=O) groups excluding carboxylic acids is 1. The van der Waals surface area contributed by atoms with Crippen LogP contribution in [0.4, 0.5) is 0 Å². The quantitative estimate of drug-likeness (QED) is 0.791. The van der Waals surface area contributed by atoms with Gasteiger partial charge in [-0.3, -0.25) is 9.78 Å². The number of amides is 1. The van der Waals surface area contributed by atoms with E-state index in [1.165, 1.54) is 23.5 Å². The number of rotatable bonds is 3. The molecule has 0 aliphatic carbocycles. The highest BCUT2D eigenvalue weighted by molar-refractivity contribution is 8.15. The van der Waals surface area contributed by atoms with Crippen molar-refractivity contribution >= 4 is 28.7 Å². The Bertz CT molecular complexity index is 1120. The summed E-state index contributed by atoms with van der Waals surface area (Å²) >= 11 is 1.51. The molecule has 2 atom stereocenters. The number of nitrogens with zero attached hydrogens (tertiary/aromatic N) is 5. The number of hydrogen-bond acceptors (Lipinski definition) is 8. The van der Waals surface area contributed by atoms with Crippen LogP contribution in [0.5, 0.6) is 0 Å². The highest BCUT2D eigenvalue weighted by Crippen LogP contribution is 2.39. The Labute approximate surface area is 183 Å². The van der Waals surface area contributed by atoms with Gasteiger partial charge in [0.2, 0.25) is 5.90 Å². The number of aliphatic imine (C=N–C) groups is 2. The van der Waals surface area contributed by atoms with E-state index in [1.807, 2.05) is 18.3 Å². The standard InChI is InChI=1S/C21H20N6O3S/c1-29-20-17-18(16(11-23-20)13-4-8-30-9-5-13)31-21(25-17)26-19(28)14-10-24-27(12-14)15-2-6-22-7-3-15/h2-4,6-7,10-12,17-18H,5,8-9H2,1H3,(H,25,26,28). The molecule has 2 aromatic rings. The maximum atomic E-state index is 12.8. The zero-order valence-corrected chi connectivity index (χ0v) is 17.6. The van der Waals surface area contributed by atoms with Gasteiger partial charge < -0.3 is 14.8 Å². The van der Waals surface area contributed by atoms with Crippen LogP contribution in [0.25, 0.3) is 5.69 Å². The number of carbonyl (C=O) groups is 1. The number of amidine groups is 1. The van der Waals surface area contributed by atoms with Crippen LogP contribution < -0.4 is 5.32 Å². The molecule has 1 amide bonds. The Morgan fingerprint density at radius 2 is 2.23 bits per heavy atom. The number of aromatic nitrogens is 3. The van der Waals surface area contributed by atoms with Crippen molar-refractivity contribution in [3.05, 3.63) is 65.9 Å². The van der Waals surface area contributed by atoms with Gasteiger partial charge in [0, 0.05) is 24.8 Å². The highest BCUT2D eigenvalue weighted by atomic mass is 32.2. The number of hydrogen-bond donors (Lipinski definition) is 1. The van der Waals surface area contributed by atoms with Crippen molar-refractivity contribution in [1.29, 1.82) is 0 Å². The smallest absolute Gasteiger partial charge is 0.260 e.